The number of amides is 2. The Balaban J connectivity index is 1.30. The molecule has 3 aromatic rings. The number of fused-ring (bicyclic) bond motifs is 1. The van der Waals surface area contributed by atoms with Crippen LogP contribution in [0.4, 0.5) is 9.59 Å². The maximum atomic E-state index is 13.0. The molecule has 0 aliphatic carbocycles. The van der Waals surface area contributed by atoms with Gasteiger partial charge in [-0.3, -0.25) is 4.57 Å². The molecule has 1 unspecified atom stereocenters. The van der Waals surface area contributed by atoms with Gasteiger partial charge in [0, 0.05) is 19.1 Å². The fourth-order valence-electron chi connectivity index (χ4n) is 5.08. The van der Waals surface area contributed by atoms with Crippen molar-refractivity contribution in [3.05, 3.63) is 64.6 Å². The van der Waals surface area contributed by atoms with Gasteiger partial charge in [0.25, 0.3) is 0 Å². The van der Waals surface area contributed by atoms with E-state index in [4.69, 9.17) is 4.74 Å². The first-order valence-electron chi connectivity index (χ1n) is 13.1. The van der Waals surface area contributed by atoms with E-state index < -0.39 is 12.1 Å². The van der Waals surface area contributed by atoms with E-state index in [2.05, 4.69) is 15.5 Å². The highest BCUT2D eigenvalue weighted by molar-refractivity contribution is 5.89. The highest BCUT2D eigenvalue weighted by Crippen LogP contribution is 2.20. The summed E-state index contributed by atoms with van der Waals surface area (Å²) in [6, 6.07) is 14.2. The number of hydrogen-bond acceptors (Lipinski definition) is 5. The lowest BCUT2D eigenvalue weighted by molar-refractivity contribution is 0.138. The molecule has 2 aromatic carbocycles. The summed E-state index contributed by atoms with van der Waals surface area (Å²) in [4.78, 5) is 39.6. The lowest BCUT2D eigenvalue weighted by Crippen LogP contribution is -2.49. The molecule has 10 nitrogen and oxygen atoms in total. The normalized spacial score (nSPS) is 15.5. The Morgan fingerprint density at radius 1 is 1.05 bits per heavy atom. The number of aryl methyl sites for hydroxylation is 1. The van der Waals surface area contributed by atoms with Crippen LogP contribution >= 0.6 is 0 Å². The van der Waals surface area contributed by atoms with Crippen LogP contribution in [0.2, 0.25) is 0 Å². The molecule has 204 valence electrons. The molecular weight excluding hydrogens is 486 g/mol. The van der Waals surface area contributed by atoms with E-state index in [1.807, 2.05) is 63.2 Å². The molecule has 4 rings (SSSR count). The van der Waals surface area contributed by atoms with Crippen LogP contribution in [-0.2, 0) is 0 Å². The first-order valence-corrected chi connectivity index (χ1v) is 13.1. The van der Waals surface area contributed by atoms with Crippen molar-refractivity contribution in [3.63, 3.8) is 0 Å². The second-order valence-electron chi connectivity index (χ2n) is 10.2. The fourth-order valence-corrected chi connectivity index (χ4v) is 5.08. The second-order valence-corrected chi connectivity index (χ2v) is 10.2. The molecule has 1 saturated heterocycles. The predicted molar refractivity (Wildman–Crippen MR) is 146 cm³/mol. The number of aromatic nitrogens is 2. The van der Waals surface area contributed by atoms with E-state index in [1.165, 1.54) is 4.57 Å². The van der Waals surface area contributed by atoms with Crippen LogP contribution in [0.5, 0.6) is 5.75 Å². The average molecular weight is 524 g/mol. The molecule has 0 saturated carbocycles. The minimum atomic E-state index is -1.07. The van der Waals surface area contributed by atoms with Gasteiger partial charge in [0.05, 0.1) is 17.1 Å². The number of carbonyl (C=O) groups excluding carboxylic acids is 1. The Kier molecular flexibility index (Phi) is 8.73. The van der Waals surface area contributed by atoms with Gasteiger partial charge in [-0.2, -0.15) is 0 Å². The summed E-state index contributed by atoms with van der Waals surface area (Å²) >= 11 is 0. The number of carboxylic acid groups (broad SMARTS) is 1. The van der Waals surface area contributed by atoms with Crippen LogP contribution in [0.25, 0.3) is 11.0 Å². The van der Waals surface area contributed by atoms with Gasteiger partial charge in [-0.05, 0) is 76.4 Å². The van der Waals surface area contributed by atoms with Gasteiger partial charge >= 0.3 is 17.8 Å². The van der Waals surface area contributed by atoms with Crippen molar-refractivity contribution in [2.75, 3.05) is 32.8 Å². The molecule has 3 N–H and O–H groups in total. The largest absolute Gasteiger partial charge is 0.491 e. The smallest absolute Gasteiger partial charge is 0.405 e. The second kappa shape index (κ2) is 12.2. The van der Waals surface area contributed by atoms with Gasteiger partial charge < -0.3 is 25.4 Å². The zero-order chi connectivity index (χ0) is 27.2. The topological polar surface area (TPSA) is 118 Å². The quantitative estimate of drug-likeness (QED) is 0.394. The predicted octanol–water partition coefficient (Wildman–Crippen LogP) is 3.68. The number of rotatable bonds is 9. The van der Waals surface area contributed by atoms with Crippen molar-refractivity contribution in [1.82, 2.24) is 24.7 Å². The third kappa shape index (κ3) is 6.36. The summed E-state index contributed by atoms with van der Waals surface area (Å²) in [5.74, 6) is 1.02. The molecular formula is C28H37N5O5. The standard InChI is InChI=1S/C28H37N5O5/c1-19(2)32-23-9-5-6-10-24(23)33(28(32)37)26(34)29-16-21-12-14-31(15-13-21)17-22(30-27(35)36)18-38-25-11-7-4-8-20(25)3/h4-11,19,21-22,30H,12-18H2,1-3H3,(H,29,34)(H,35,36). The maximum absolute atomic E-state index is 13.0. The Morgan fingerprint density at radius 3 is 2.37 bits per heavy atom. The molecule has 0 bridgehead atoms. The fraction of sp³-hybridized carbons (Fsp3) is 0.464. The Bertz CT molecular complexity index is 1320. The van der Waals surface area contributed by atoms with Crippen LogP contribution in [0.3, 0.4) is 0 Å². The lowest BCUT2D eigenvalue weighted by Gasteiger charge is -2.34. The molecule has 1 aliphatic rings. The minimum Gasteiger partial charge on any atom is -0.491 e. The Hall–Kier alpha value is -3.79. The average Bonchev–Trinajstić information content (AvgIpc) is 3.19. The zero-order valence-corrected chi connectivity index (χ0v) is 22.2. The molecule has 0 radical (unpaired) electrons. The van der Waals surface area contributed by atoms with Crippen molar-refractivity contribution in [2.45, 2.75) is 45.7 Å². The Morgan fingerprint density at radius 2 is 1.71 bits per heavy atom. The van der Waals surface area contributed by atoms with E-state index in [1.54, 1.807) is 10.6 Å². The SMILES string of the molecule is Cc1ccccc1OCC(CN1CCC(CNC(=O)n2c(=O)n(C(C)C)c3ccccc32)CC1)NC(=O)O. The van der Waals surface area contributed by atoms with Gasteiger partial charge in [0.15, 0.2) is 0 Å². The molecule has 2 amide bonds. The van der Waals surface area contributed by atoms with Crippen molar-refractivity contribution in [2.24, 2.45) is 5.92 Å². The Labute approximate surface area is 222 Å². The monoisotopic (exact) mass is 523 g/mol. The van der Waals surface area contributed by atoms with Crippen molar-refractivity contribution < 1.29 is 19.4 Å². The number of imidazole rings is 1. The number of para-hydroxylation sites is 3. The third-order valence-corrected chi connectivity index (χ3v) is 7.09. The highest BCUT2D eigenvalue weighted by Gasteiger charge is 2.25. The molecule has 0 spiro atoms. The van der Waals surface area contributed by atoms with Crippen LogP contribution in [0, 0.1) is 12.8 Å². The number of likely N-dealkylation sites (tertiary alicyclic amines) is 1. The molecule has 2 heterocycles. The van der Waals surface area contributed by atoms with Crippen molar-refractivity contribution in [3.8, 4) is 5.75 Å². The zero-order valence-electron chi connectivity index (χ0n) is 22.2. The number of carbonyl (C=O) groups is 2. The molecule has 38 heavy (non-hydrogen) atoms. The summed E-state index contributed by atoms with van der Waals surface area (Å²) < 4.78 is 8.76. The molecule has 10 heteroatoms. The van der Waals surface area contributed by atoms with Crippen molar-refractivity contribution in [1.29, 1.82) is 0 Å². The summed E-state index contributed by atoms with van der Waals surface area (Å²) in [6.07, 6.45) is 0.651. The van der Waals surface area contributed by atoms with Crippen LogP contribution in [0.1, 0.15) is 38.3 Å². The summed E-state index contributed by atoms with van der Waals surface area (Å²) in [5.41, 5.74) is 2.01. The lowest BCUT2D eigenvalue weighted by atomic mass is 9.96. The first kappa shape index (κ1) is 27.3. The van der Waals surface area contributed by atoms with Gasteiger partial charge in [0.2, 0.25) is 0 Å². The van der Waals surface area contributed by atoms with Gasteiger partial charge in [-0.1, -0.05) is 30.3 Å². The number of nitrogens with zero attached hydrogens (tertiary/aromatic N) is 3. The van der Waals surface area contributed by atoms with E-state index in [0.29, 0.717) is 18.6 Å². The van der Waals surface area contributed by atoms with E-state index in [9.17, 15) is 19.5 Å². The van der Waals surface area contributed by atoms with E-state index >= 15 is 0 Å². The van der Waals surface area contributed by atoms with Gasteiger partial charge in [0.1, 0.15) is 12.4 Å². The number of benzene rings is 2. The third-order valence-electron chi connectivity index (χ3n) is 7.09. The number of piperidine rings is 1. The summed E-state index contributed by atoms with van der Waals surface area (Å²) in [5, 5.41) is 14.8. The highest BCUT2D eigenvalue weighted by atomic mass is 16.5. The summed E-state index contributed by atoms with van der Waals surface area (Å²) in [7, 11) is 0. The van der Waals surface area contributed by atoms with Crippen LogP contribution in [0.15, 0.2) is 53.3 Å². The number of hydrogen-bond donors (Lipinski definition) is 3. The van der Waals surface area contributed by atoms with Crippen LogP contribution < -0.4 is 21.1 Å². The number of nitrogens with one attached hydrogen (secondary N) is 2. The van der Waals surface area contributed by atoms with Crippen molar-refractivity contribution >= 4 is 23.2 Å². The van der Waals surface area contributed by atoms with E-state index in [0.717, 1.165) is 42.8 Å². The number of ether oxygens (including phenoxy) is 1. The van der Waals surface area contributed by atoms with Gasteiger partial charge in [-0.25, -0.2) is 19.0 Å². The molecule has 1 fully saturated rings. The molecule has 1 atom stereocenters. The van der Waals surface area contributed by atoms with E-state index in [-0.39, 0.29) is 30.3 Å². The minimum absolute atomic E-state index is 0.0627. The van der Waals surface area contributed by atoms with Gasteiger partial charge in [-0.15, -0.1) is 0 Å². The molecule has 1 aromatic heterocycles. The van der Waals surface area contributed by atoms with Crippen LogP contribution in [-0.4, -0.2) is 70.1 Å². The summed E-state index contributed by atoms with van der Waals surface area (Å²) in [6.45, 7) is 8.65. The first-order chi connectivity index (χ1) is 18.2. The maximum Gasteiger partial charge on any atom is 0.405 e. The molecule has 1 aliphatic heterocycles.